The molecule has 6 heteroatoms. The molecule has 0 saturated carbocycles. The zero-order valence-corrected chi connectivity index (χ0v) is 33.4. The lowest BCUT2D eigenvalue weighted by Gasteiger charge is -2.18. The van der Waals surface area contributed by atoms with Gasteiger partial charge in [0.05, 0.1) is 0 Å². The van der Waals surface area contributed by atoms with Crippen LogP contribution in [0.5, 0.6) is 0 Å². The number of carbonyl (C=O) groups is 3. The average Bonchev–Trinajstić information content (AvgIpc) is 3.12. The Labute approximate surface area is 314 Å². The van der Waals surface area contributed by atoms with Crippen LogP contribution in [0.15, 0.2) is 48.6 Å². The van der Waals surface area contributed by atoms with Crippen molar-refractivity contribution in [2.24, 2.45) is 0 Å². The second kappa shape index (κ2) is 40.1. The molecule has 0 fully saturated rings. The lowest BCUT2D eigenvalue weighted by atomic mass is 10.1. The van der Waals surface area contributed by atoms with Crippen LogP contribution in [-0.4, -0.2) is 37.2 Å². The van der Waals surface area contributed by atoms with Crippen LogP contribution in [0.3, 0.4) is 0 Å². The monoisotopic (exact) mass is 715 g/mol. The van der Waals surface area contributed by atoms with Crippen LogP contribution < -0.4 is 0 Å². The summed E-state index contributed by atoms with van der Waals surface area (Å²) in [5.41, 5.74) is 0. The van der Waals surface area contributed by atoms with E-state index in [0.29, 0.717) is 19.3 Å². The van der Waals surface area contributed by atoms with Gasteiger partial charge in [-0.3, -0.25) is 14.4 Å². The van der Waals surface area contributed by atoms with E-state index in [4.69, 9.17) is 14.2 Å². The number of ether oxygens (including phenoxy) is 3. The van der Waals surface area contributed by atoms with Crippen molar-refractivity contribution in [2.45, 2.75) is 207 Å². The van der Waals surface area contributed by atoms with Gasteiger partial charge in [0.2, 0.25) is 0 Å². The van der Waals surface area contributed by atoms with Gasteiger partial charge in [0, 0.05) is 19.3 Å². The molecule has 0 N–H and O–H groups in total. The lowest BCUT2D eigenvalue weighted by molar-refractivity contribution is -0.167. The van der Waals surface area contributed by atoms with E-state index in [1.165, 1.54) is 77.0 Å². The van der Waals surface area contributed by atoms with Gasteiger partial charge >= 0.3 is 17.9 Å². The molecule has 0 radical (unpaired) electrons. The van der Waals surface area contributed by atoms with Gasteiger partial charge in [-0.1, -0.05) is 159 Å². The second-order valence-corrected chi connectivity index (χ2v) is 13.9. The normalized spacial score (nSPS) is 12.5. The summed E-state index contributed by atoms with van der Waals surface area (Å²) >= 11 is 0. The molecule has 0 heterocycles. The summed E-state index contributed by atoms with van der Waals surface area (Å²) < 4.78 is 16.6. The number of carbonyl (C=O) groups excluding carboxylic acids is 3. The highest BCUT2D eigenvalue weighted by atomic mass is 16.6. The van der Waals surface area contributed by atoms with Crippen molar-refractivity contribution in [3.05, 3.63) is 48.6 Å². The molecule has 0 aliphatic heterocycles. The van der Waals surface area contributed by atoms with E-state index in [1.54, 1.807) is 0 Å². The van der Waals surface area contributed by atoms with Crippen molar-refractivity contribution in [1.29, 1.82) is 0 Å². The zero-order valence-electron chi connectivity index (χ0n) is 33.4. The Kier molecular flexibility index (Phi) is 38.1. The molecule has 0 saturated heterocycles. The number of rotatable bonds is 37. The van der Waals surface area contributed by atoms with Gasteiger partial charge in [0.15, 0.2) is 6.10 Å². The number of allylic oxidation sites excluding steroid dienone is 8. The standard InChI is InChI=1S/C45H78O6/c1-4-7-10-13-16-19-21-22-24-26-29-32-35-38-44(47)50-41-42(40-49-43(46)37-34-31-28-25-18-15-12-9-6-3)51-45(48)39-36-33-30-27-23-20-17-14-11-8-5-2/h8,11,17,20,22,24,27,30,42H,4-7,9-10,12-16,18-19,21,23,25-26,28-29,31-41H2,1-3H3/b11-8-,20-17-,24-22-,30-27-. The molecule has 0 aliphatic rings. The minimum atomic E-state index is -0.798. The van der Waals surface area contributed by atoms with Crippen molar-refractivity contribution in [3.63, 3.8) is 0 Å². The van der Waals surface area contributed by atoms with E-state index >= 15 is 0 Å². The van der Waals surface area contributed by atoms with Gasteiger partial charge in [-0.05, 0) is 70.6 Å². The predicted octanol–water partition coefficient (Wildman–Crippen LogP) is 13.2. The summed E-state index contributed by atoms with van der Waals surface area (Å²) in [6, 6.07) is 0. The first-order valence-corrected chi connectivity index (χ1v) is 21.1. The number of unbranched alkanes of at least 4 members (excludes halogenated alkanes) is 18. The Morgan fingerprint density at radius 1 is 0.412 bits per heavy atom. The van der Waals surface area contributed by atoms with E-state index in [9.17, 15) is 14.4 Å². The fourth-order valence-electron chi connectivity index (χ4n) is 5.63. The smallest absolute Gasteiger partial charge is 0.306 e. The van der Waals surface area contributed by atoms with Crippen LogP contribution in [-0.2, 0) is 28.6 Å². The highest BCUT2D eigenvalue weighted by molar-refractivity contribution is 5.71. The van der Waals surface area contributed by atoms with Crippen molar-refractivity contribution < 1.29 is 28.6 Å². The first-order valence-electron chi connectivity index (χ1n) is 21.1. The maximum absolute atomic E-state index is 12.6. The Balaban J connectivity index is 4.45. The van der Waals surface area contributed by atoms with Gasteiger partial charge in [-0.25, -0.2) is 0 Å². The largest absolute Gasteiger partial charge is 0.462 e. The highest BCUT2D eigenvalue weighted by Gasteiger charge is 2.19. The van der Waals surface area contributed by atoms with E-state index in [2.05, 4.69) is 69.4 Å². The van der Waals surface area contributed by atoms with Gasteiger partial charge in [0.1, 0.15) is 13.2 Å². The summed E-state index contributed by atoms with van der Waals surface area (Å²) in [6.45, 7) is 6.41. The van der Waals surface area contributed by atoms with Crippen molar-refractivity contribution in [3.8, 4) is 0 Å². The van der Waals surface area contributed by atoms with Crippen LogP contribution in [0.1, 0.15) is 201 Å². The maximum atomic E-state index is 12.6. The number of esters is 3. The van der Waals surface area contributed by atoms with E-state index in [-0.39, 0.29) is 37.5 Å². The third-order valence-electron chi connectivity index (χ3n) is 8.82. The van der Waals surface area contributed by atoms with Crippen molar-refractivity contribution in [2.75, 3.05) is 13.2 Å². The molecule has 0 amide bonds. The Bertz CT molecular complexity index is 918. The molecule has 0 aromatic carbocycles. The Morgan fingerprint density at radius 3 is 1.29 bits per heavy atom. The first-order chi connectivity index (χ1) is 25.0. The fourth-order valence-corrected chi connectivity index (χ4v) is 5.63. The highest BCUT2D eigenvalue weighted by Crippen LogP contribution is 2.12. The third kappa shape index (κ3) is 38.4. The topological polar surface area (TPSA) is 78.9 Å². The van der Waals surface area contributed by atoms with Crippen molar-refractivity contribution in [1.82, 2.24) is 0 Å². The average molecular weight is 715 g/mol. The maximum Gasteiger partial charge on any atom is 0.306 e. The van der Waals surface area contributed by atoms with Crippen LogP contribution in [0, 0.1) is 0 Å². The van der Waals surface area contributed by atoms with Crippen LogP contribution >= 0.6 is 0 Å². The summed E-state index contributed by atoms with van der Waals surface area (Å²) in [5, 5.41) is 0. The van der Waals surface area contributed by atoms with Crippen LogP contribution in [0.4, 0.5) is 0 Å². The Morgan fingerprint density at radius 2 is 0.784 bits per heavy atom. The minimum Gasteiger partial charge on any atom is -0.462 e. The quantitative estimate of drug-likeness (QED) is 0.0276. The SMILES string of the molecule is CC/C=C\C/C=C\C/C=C\CCCC(=O)OC(COC(=O)CCCCC/C=C\CCCCCCCC)COC(=O)CCCCCCCCCCC. The molecule has 0 aromatic heterocycles. The molecule has 294 valence electrons. The summed E-state index contributed by atoms with van der Waals surface area (Å²) in [6.07, 6.45) is 45.3. The van der Waals surface area contributed by atoms with Gasteiger partial charge < -0.3 is 14.2 Å². The van der Waals surface area contributed by atoms with Crippen LogP contribution in [0.2, 0.25) is 0 Å². The molecule has 0 spiro atoms. The van der Waals surface area contributed by atoms with Gasteiger partial charge in [0.25, 0.3) is 0 Å². The molecular weight excluding hydrogens is 636 g/mol. The fraction of sp³-hybridized carbons (Fsp3) is 0.756. The first kappa shape index (κ1) is 48.4. The second-order valence-electron chi connectivity index (χ2n) is 13.9. The van der Waals surface area contributed by atoms with E-state index in [1.807, 2.05) is 0 Å². The molecule has 1 unspecified atom stereocenters. The third-order valence-corrected chi connectivity index (χ3v) is 8.82. The summed E-state index contributed by atoms with van der Waals surface area (Å²) in [4.78, 5) is 37.5. The number of hydrogen-bond acceptors (Lipinski definition) is 6. The molecule has 0 aromatic rings. The lowest BCUT2D eigenvalue weighted by Crippen LogP contribution is -2.30. The molecule has 6 nitrogen and oxygen atoms in total. The zero-order chi connectivity index (χ0) is 37.3. The molecule has 1 atom stereocenters. The van der Waals surface area contributed by atoms with Crippen LogP contribution in [0.25, 0.3) is 0 Å². The molecular formula is C45H78O6. The summed E-state index contributed by atoms with van der Waals surface area (Å²) in [5.74, 6) is -0.977. The molecule has 0 rings (SSSR count). The minimum absolute atomic E-state index is 0.0972. The van der Waals surface area contributed by atoms with Gasteiger partial charge in [-0.2, -0.15) is 0 Å². The van der Waals surface area contributed by atoms with Gasteiger partial charge in [-0.15, -0.1) is 0 Å². The summed E-state index contributed by atoms with van der Waals surface area (Å²) in [7, 11) is 0. The van der Waals surface area contributed by atoms with Crippen molar-refractivity contribution >= 4 is 17.9 Å². The molecule has 0 bridgehead atoms. The molecule has 0 aliphatic carbocycles. The Hall–Kier alpha value is -2.63. The van der Waals surface area contributed by atoms with E-state index < -0.39 is 6.10 Å². The molecule has 51 heavy (non-hydrogen) atoms. The number of hydrogen-bond donors (Lipinski definition) is 0. The van der Waals surface area contributed by atoms with E-state index in [0.717, 1.165) is 77.0 Å². The predicted molar refractivity (Wildman–Crippen MR) is 215 cm³/mol.